The molecule has 1 aliphatic rings. The predicted molar refractivity (Wildman–Crippen MR) is 75.4 cm³/mol. The Bertz CT molecular complexity index is 496. The fourth-order valence-corrected chi connectivity index (χ4v) is 2.46. The number of anilines is 2. The minimum absolute atomic E-state index is 0.0968. The molecule has 2 rings (SSSR count). The summed E-state index contributed by atoms with van der Waals surface area (Å²) in [7, 11) is 2.04. The number of nitro groups is 1. The van der Waals surface area contributed by atoms with Crippen molar-refractivity contribution in [2.24, 2.45) is 5.84 Å². The Hall–Kier alpha value is -2.00. The number of nitrogens with zero attached hydrogens (tertiary/aromatic N) is 5. The van der Waals surface area contributed by atoms with Gasteiger partial charge in [0.15, 0.2) is 0 Å². The lowest BCUT2D eigenvalue weighted by Crippen LogP contribution is -2.39. The standard InChI is InChI=1S/C11H19N7O2/c1-8-7-16(2)4-3-5-17(8)10-9(18(19)20)6-13-11(14-10)15-12/h6,8H,3-5,7,12H2,1-2H3,(H,13,14,15). The van der Waals surface area contributed by atoms with Crippen LogP contribution in [0, 0.1) is 10.1 Å². The summed E-state index contributed by atoms with van der Waals surface area (Å²) < 4.78 is 0. The number of hydrazine groups is 1. The number of nitrogens with two attached hydrogens (primary N) is 1. The normalized spacial score (nSPS) is 20.6. The number of aromatic nitrogens is 2. The average molecular weight is 281 g/mol. The fraction of sp³-hybridized carbons (Fsp3) is 0.636. The predicted octanol–water partition coefficient (Wildman–Crippen LogP) is 0.201. The Kier molecular flexibility index (Phi) is 4.30. The third-order valence-corrected chi connectivity index (χ3v) is 3.39. The topological polar surface area (TPSA) is 113 Å². The molecule has 0 saturated carbocycles. The van der Waals surface area contributed by atoms with Gasteiger partial charge in [-0.2, -0.15) is 4.98 Å². The molecule has 0 aliphatic carbocycles. The maximum absolute atomic E-state index is 11.2. The van der Waals surface area contributed by atoms with Crippen LogP contribution in [0.3, 0.4) is 0 Å². The lowest BCUT2D eigenvalue weighted by Gasteiger charge is -2.28. The SMILES string of the molecule is CC1CN(C)CCCN1c1nc(NN)ncc1[N+](=O)[O-]. The van der Waals surface area contributed by atoms with Gasteiger partial charge in [-0.1, -0.05) is 0 Å². The minimum Gasteiger partial charge on any atom is -0.347 e. The van der Waals surface area contributed by atoms with E-state index in [2.05, 4.69) is 20.3 Å². The first-order valence-corrected chi connectivity index (χ1v) is 6.46. The summed E-state index contributed by atoms with van der Waals surface area (Å²) in [5, 5.41) is 11.2. The molecule has 1 aromatic rings. The van der Waals surface area contributed by atoms with E-state index in [4.69, 9.17) is 5.84 Å². The van der Waals surface area contributed by atoms with Gasteiger partial charge in [0.25, 0.3) is 0 Å². The van der Waals surface area contributed by atoms with Gasteiger partial charge < -0.3 is 9.80 Å². The van der Waals surface area contributed by atoms with Gasteiger partial charge in [-0.15, -0.1) is 0 Å². The van der Waals surface area contributed by atoms with Gasteiger partial charge in [0.1, 0.15) is 6.20 Å². The van der Waals surface area contributed by atoms with Gasteiger partial charge in [-0.25, -0.2) is 10.8 Å². The van der Waals surface area contributed by atoms with E-state index in [0.717, 1.165) is 19.5 Å². The van der Waals surface area contributed by atoms with Crippen molar-refractivity contribution in [1.29, 1.82) is 0 Å². The van der Waals surface area contributed by atoms with E-state index >= 15 is 0 Å². The molecule has 0 amide bonds. The van der Waals surface area contributed by atoms with Crippen molar-refractivity contribution in [3.8, 4) is 0 Å². The van der Waals surface area contributed by atoms with Crippen LogP contribution in [0.25, 0.3) is 0 Å². The van der Waals surface area contributed by atoms with Crippen molar-refractivity contribution in [1.82, 2.24) is 14.9 Å². The zero-order valence-electron chi connectivity index (χ0n) is 11.6. The molecule has 0 radical (unpaired) electrons. The van der Waals surface area contributed by atoms with Crippen molar-refractivity contribution in [2.45, 2.75) is 19.4 Å². The Morgan fingerprint density at radius 2 is 2.30 bits per heavy atom. The van der Waals surface area contributed by atoms with Gasteiger partial charge in [0.2, 0.25) is 11.8 Å². The molecule has 9 heteroatoms. The van der Waals surface area contributed by atoms with Gasteiger partial charge in [0, 0.05) is 19.1 Å². The Morgan fingerprint density at radius 1 is 1.55 bits per heavy atom. The first-order valence-electron chi connectivity index (χ1n) is 6.46. The molecule has 1 unspecified atom stereocenters. The summed E-state index contributed by atoms with van der Waals surface area (Å²) in [4.78, 5) is 22.8. The lowest BCUT2D eigenvalue weighted by molar-refractivity contribution is -0.384. The quantitative estimate of drug-likeness (QED) is 0.459. The molecule has 3 N–H and O–H groups in total. The Morgan fingerprint density at radius 3 is 2.95 bits per heavy atom. The number of hydrogen-bond donors (Lipinski definition) is 2. The van der Waals surface area contributed by atoms with E-state index in [1.807, 2.05) is 18.9 Å². The molecule has 9 nitrogen and oxygen atoms in total. The van der Waals surface area contributed by atoms with E-state index in [9.17, 15) is 10.1 Å². The molecule has 1 saturated heterocycles. The third-order valence-electron chi connectivity index (χ3n) is 3.39. The number of nitrogen functional groups attached to an aromatic ring is 1. The van der Waals surface area contributed by atoms with Crippen molar-refractivity contribution in [3.05, 3.63) is 16.3 Å². The van der Waals surface area contributed by atoms with Crippen molar-refractivity contribution >= 4 is 17.5 Å². The summed E-state index contributed by atoms with van der Waals surface area (Å²) in [6.45, 7) is 4.53. The molecular formula is C11H19N7O2. The third kappa shape index (κ3) is 2.94. The highest BCUT2D eigenvalue weighted by atomic mass is 16.6. The molecule has 0 bridgehead atoms. The van der Waals surface area contributed by atoms with E-state index in [1.54, 1.807) is 0 Å². The largest absolute Gasteiger partial charge is 0.347 e. The van der Waals surface area contributed by atoms with Crippen LogP contribution in [0.5, 0.6) is 0 Å². The number of likely N-dealkylation sites (N-methyl/N-ethyl adjacent to an activating group) is 1. The summed E-state index contributed by atoms with van der Waals surface area (Å²) >= 11 is 0. The first-order chi connectivity index (χ1) is 9.52. The van der Waals surface area contributed by atoms with Crippen molar-refractivity contribution in [3.63, 3.8) is 0 Å². The minimum atomic E-state index is -0.461. The first kappa shape index (κ1) is 14.4. The van der Waals surface area contributed by atoms with Crippen LogP contribution in [0.2, 0.25) is 0 Å². The summed E-state index contributed by atoms with van der Waals surface area (Å²) in [6, 6.07) is 0.127. The molecule has 20 heavy (non-hydrogen) atoms. The fourth-order valence-electron chi connectivity index (χ4n) is 2.46. The van der Waals surface area contributed by atoms with Gasteiger partial charge in [0.05, 0.1) is 4.92 Å². The monoisotopic (exact) mass is 281 g/mol. The van der Waals surface area contributed by atoms with Crippen molar-refractivity contribution < 1.29 is 4.92 Å². The van der Waals surface area contributed by atoms with Gasteiger partial charge in [-0.05, 0) is 26.9 Å². The van der Waals surface area contributed by atoms with E-state index in [1.165, 1.54) is 6.20 Å². The van der Waals surface area contributed by atoms with E-state index in [-0.39, 0.29) is 17.7 Å². The van der Waals surface area contributed by atoms with Crippen molar-refractivity contribution in [2.75, 3.05) is 37.0 Å². The number of rotatable bonds is 3. The molecule has 110 valence electrons. The van der Waals surface area contributed by atoms with Crippen LogP contribution >= 0.6 is 0 Å². The van der Waals surface area contributed by atoms with Crippen LogP contribution in [-0.4, -0.2) is 52.5 Å². The zero-order chi connectivity index (χ0) is 14.7. The van der Waals surface area contributed by atoms with Crippen LogP contribution < -0.4 is 16.2 Å². The van der Waals surface area contributed by atoms with Crippen LogP contribution in [0.15, 0.2) is 6.20 Å². The molecule has 0 spiro atoms. The highest BCUT2D eigenvalue weighted by Crippen LogP contribution is 2.28. The maximum Gasteiger partial charge on any atom is 0.329 e. The number of hydrogen-bond acceptors (Lipinski definition) is 8. The Labute approximate surface area is 116 Å². The highest BCUT2D eigenvalue weighted by molar-refractivity contribution is 5.59. The second-order valence-electron chi connectivity index (χ2n) is 4.96. The van der Waals surface area contributed by atoms with Crippen LogP contribution in [0.4, 0.5) is 17.5 Å². The molecule has 1 atom stereocenters. The molecular weight excluding hydrogens is 262 g/mol. The highest BCUT2D eigenvalue weighted by Gasteiger charge is 2.28. The second-order valence-corrected chi connectivity index (χ2v) is 4.96. The Balaban J connectivity index is 2.40. The summed E-state index contributed by atoms with van der Waals surface area (Å²) in [6.07, 6.45) is 2.12. The summed E-state index contributed by atoms with van der Waals surface area (Å²) in [5.41, 5.74) is 2.23. The van der Waals surface area contributed by atoms with E-state index < -0.39 is 4.92 Å². The lowest BCUT2D eigenvalue weighted by atomic mass is 10.2. The molecule has 1 aromatic heterocycles. The van der Waals surface area contributed by atoms with Crippen LogP contribution in [0.1, 0.15) is 13.3 Å². The zero-order valence-corrected chi connectivity index (χ0v) is 11.6. The van der Waals surface area contributed by atoms with Gasteiger partial charge >= 0.3 is 5.69 Å². The average Bonchev–Trinajstić information content (AvgIpc) is 2.58. The second kappa shape index (κ2) is 5.97. The summed E-state index contributed by atoms with van der Waals surface area (Å²) in [5.74, 6) is 5.79. The molecule has 2 heterocycles. The number of nitrogens with one attached hydrogen (secondary N) is 1. The molecule has 1 fully saturated rings. The maximum atomic E-state index is 11.2. The van der Waals surface area contributed by atoms with Crippen LogP contribution in [-0.2, 0) is 0 Å². The molecule has 0 aromatic carbocycles. The smallest absolute Gasteiger partial charge is 0.329 e. The molecule has 1 aliphatic heterocycles. The van der Waals surface area contributed by atoms with E-state index in [0.29, 0.717) is 12.4 Å². The van der Waals surface area contributed by atoms with Gasteiger partial charge in [-0.3, -0.25) is 15.5 Å².